The number of carbonyl (C=O) groups is 2. The molecular weight excluding hydrogens is 302 g/mol. The first-order chi connectivity index (χ1) is 9.67. The molecule has 0 fully saturated rings. The lowest BCUT2D eigenvalue weighted by molar-refractivity contribution is -0.145. The molecule has 0 aliphatic heterocycles. The summed E-state index contributed by atoms with van der Waals surface area (Å²) in [6.45, 7) is 4.12. The van der Waals surface area contributed by atoms with Crippen LogP contribution in [0.1, 0.15) is 25.6 Å². The number of aryl methyl sites for hydroxylation is 2. The number of imidazole rings is 1. The molecule has 1 rings (SSSR count). The largest absolute Gasteiger partial charge is 0.481 e. The van der Waals surface area contributed by atoms with Crippen molar-refractivity contribution in [3.8, 4) is 0 Å². The van der Waals surface area contributed by atoms with Gasteiger partial charge in [0.15, 0.2) is 5.03 Å². The molecule has 0 radical (unpaired) electrons. The van der Waals surface area contributed by atoms with Crippen LogP contribution in [0.4, 0.5) is 0 Å². The molecule has 3 N–H and O–H groups in total. The minimum atomic E-state index is -4.20. The SMILES string of the molecule is CCCn1cc(S(=O)(=O)NC(CC(=O)O)C(=O)O)nc1C. The molecule has 0 saturated carbocycles. The summed E-state index contributed by atoms with van der Waals surface area (Å²) in [5.74, 6) is -2.51. The Bertz CT molecular complexity index is 636. The van der Waals surface area contributed by atoms with Crippen molar-refractivity contribution in [3.05, 3.63) is 12.0 Å². The van der Waals surface area contributed by atoms with Crippen LogP contribution < -0.4 is 4.72 Å². The van der Waals surface area contributed by atoms with E-state index in [2.05, 4.69) is 4.98 Å². The van der Waals surface area contributed by atoms with Crippen LogP contribution in [0.2, 0.25) is 0 Å². The first-order valence-corrected chi connectivity index (χ1v) is 7.66. The fourth-order valence-corrected chi connectivity index (χ4v) is 2.88. The van der Waals surface area contributed by atoms with Gasteiger partial charge in [0.25, 0.3) is 10.0 Å². The Morgan fingerprint density at radius 1 is 1.43 bits per heavy atom. The number of carboxylic acid groups (broad SMARTS) is 2. The van der Waals surface area contributed by atoms with Crippen molar-refractivity contribution in [1.29, 1.82) is 0 Å². The zero-order valence-electron chi connectivity index (χ0n) is 11.6. The summed E-state index contributed by atoms with van der Waals surface area (Å²) in [5, 5.41) is 17.1. The van der Waals surface area contributed by atoms with Crippen molar-refractivity contribution in [2.45, 2.75) is 44.3 Å². The van der Waals surface area contributed by atoms with Crippen LogP contribution in [0.3, 0.4) is 0 Å². The number of aromatic nitrogens is 2. The van der Waals surface area contributed by atoms with Crippen molar-refractivity contribution in [2.75, 3.05) is 0 Å². The van der Waals surface area contributed by atoms with Crippen LogP contribution >= 0.6 is 0 Å². The number of carboxylic acids is 2. The van der Waals surface area contributed by atoms with E-state index >= 15 is 0 Å². The highest BCUT2D eigenvalue weighted by Crippen LogP contribution is 2.11. The van der Waals surface area contributed by atoms with Crippen LogP contribution in [0.25, 0.3) is 0 Å². The molecule has 1 atom stereocenters. The highest BCUT2D eigenvalue weighted by atomic mass is 32.2. The van der Waals surface area contributed by atoms with Crippen molar-refractivity contribution in [3.63, 3.8) is 0 Å². The van der Waals surface area contributed by atoms with Crippen LogP contribution in [0.15, 0.2) is 11.2 Å². The maximum atomic E-state index is 12.1. The van der Waals surface area contributed by atoms with Crippen LogP contribution in [-0.2, 0) is 26.2 Å². The first-order valence-electron chi connectivity index (χ1n) is 6.18. The number of aliphatic carboxylic acids is 2. The highest BCUT2D eigenvalue weighted by Gasteiger charge is 2.29. The third-order valence-corrected chi connectivity index (χ3v) is 4.01. The summed E-state index contributed by atoms with van der Waals surface area (Å²) >= 11 is 0. The monoisotopic (exact) mass is 319 g/mol. The average Bonchev–Trinajstić information content (AvgIpc) is 2.70. The van der Waals surface area contributed by atoms with E-state index in [1.54, 1.807) is 11.5 Å². The van der Waals surface area contributed by atoms with Gasteiger partial charge >= 0.3 is 11.9 Å². The molecule has 1 heterocycles. The van der Waals surface area contributed by atoms with E-state index in [4.69, 9.17) is 10.2 Å². The third kappa shape index (κ3) is 4.53. The lowest BCUT2D eigenvalue weighted by Gasteiger charge is -2.11. The summed E-state index contributed by atoms with van der Waals surface area (Å²) in [5.41, 5.74) is 0. The molecule has 10 heteroatoms. The number of hydrogen-bond acceptors (Lipinski definition) is 5. The maximum absolute atomic E-state index is 12.1. The normalized spacial score (nSPS) is 13.0. The molecule has 1 aromatic heterocycles. The van der Waals surface area contributed by atoms with Gasteiger partial charge in [-0.1, -0.05) is 6.92 Å². The first kappa shape index (κ1) is 17.1. The van der Waals surface area contributed by atoms with Crippen molar-refractivity contribution in [2.24, 2.45) is 0 Å². The number of sulfonamides is 1. The van der Waals surface area contributed by atoms with Gasteiger partial charge in [-0.25, -0.2) is 13.4 Å². The van der Waals surface area contributed by atoms with Gasteiger partial charge in [0.1, 0.15) is 11.9 Å². The van der Waals surface area contributed by atoms with Gasteiger partial charge < -0.3 is 14.8 Å². The second-order valence-electron chi connectivity index (χ2n) is 4.43. The van der Waals surface area contributed by atoms with E-state index in [1.165, 1.54) is 6.20 Å². The van der Waals surface area contributed by atoms with Crippen molar-refractivity contribution in [1.82, 2.24) is 14.3 Å². The maximum Gasteiger partial charge on any atom is 0.322 e. The molecule has 0 aliphatic carbocycles. The van der Waals surface area contributed by atoms with Gasteiger partial charge in [-0.05, 0) is 13.3 Å². The summed E-state index contributed by atoms with van der Waals surface area (Å²) < 4.78 is 27.6. The summed E-state index contributed by atoms with van der Waals surface area (Å²) in [6.07, 6.45) is 1.21. The van der Waals surface area contributed by atoms with E-state index in [0.717, 1.165) is 6.42 Å². The predicted molar refractivity (Wildman–Crippen MR) is 71.3 cm³/mol. The summed E-state index contributed by atoms with van der Waals surface area (Å²) in [7, 11) is -4.20. The molecule has 0 bridgehead atoms. The molecule has 0 amide bonds. The molecule has 9 nitrogen and oxygen atoms in total. The van der Waals surface area contributed by atoms with Crippen molar-refractivity contribution < 1.29 is 28.2 Å². The molecule has 0 spiro atoms. The average molecular weight is 319 g/mol. The predicted octanol–water partition coefficient (Wildman–Crippen LogP) is -0.192. The van der Waals surface area contributed by atoms with E-state index in [1.807, 2.05) is 11.6 Å². The zero-order chi connectivity index (χ0) is 16.2. The summed E-state index contributed by atoms with van der Waals surface area (Å²) in [4.78, 5) is 25.3. The van der Waals surface area contributed by atoms with Gasteiger partial charge in [-0.3, -0.25) is 9.59 Å². The Morgan fingerprint density at radius 3 is 2.52 bits per heavy atom. The number of nitrogens with zero attached hydrogens (tertiary/aromatic N) is 2. The number of nitrogens with one attached hydrogen (secondary N) is 1. The van der Waals surface area contributed by atoms with Crippen LogP contribution in [-0.4, -0.2) is 46.2 Å². The molecule has 0 aromatic carbocycles. The topological polar surface area (TPSA) is 139 Å². The number of hydrogen-bond donors (Lipinski definition) is 3. The summed E-state index contributed by atoms with van der Waals surface area (Å²) in [6, 6.07) is -1.75. The van der Waals surface area contributed by atoms with Gasteiger partial charge in [-0.2, -0.15) is 4.72 Å². The molecular formula is C11H17N3O6S. The fourth-order valence-electron chi connectivity index (χ4n) is 1.68. The Labute approximate surface area is 121 Å². The lowest BCUT2D eigenvalue weighted by atomic mass is 10.2. The molecule has 1 unspecified atom stereocenters. The van der Waals surface area contributed by atoms with E-state index < -0.39 is 34.4 Å². The zero-order valence-corrected chi connectivity index (χ0v) is 12.4. The van der Waals surface area contributed by atoms with E-state index in [-0.39, 0.29) is 5.03 Å². The van der Waals surface area contributed by atoms with E-state index in [0.29, 0.717) is 12.4 Å². The van der Waals surface area contributed by atoms with Gasteiger partial charge in [-0.15, -0.1) is 0 Å². The minimum absolute atomic E-state index is 0.329. The smallest absolute Gasteiger partial charge is 0.322 e. The Balaban J connectivity index is 3.01. The van der Waals surface area contributed by atoms with Gasteiger partial charge in [0, 0.05) is 12.7 Å². The highest BCUT2D eigenvalue weighted by molar-refractivity contribution is 7.89. The molecule has 21 heavy (non-hydrogen) atoms. The minimum Gasteiger partial charge on any atom is -0.481 e. The Morgan fingerprint density at radius 2 is 2.05 bits per heavy atom. The molecule has 1 aromatic rings. The lowest BCUT2D eigenvalue weighted by Crippen LogP contribution is -2.42. The van der Waals surface area contributed by atoms with Gasteiger partial charge in [0.05, 0.1) is 6.42 Å². The molecule has 0 saturated heterocycles. The van der Waals surface area contributed by atoms with Crippen LogP contribution in [0, 0.1) is 6.92 Å². The van der Waals surface area contributed by atoms with Crippen molar-refractivity contribution >= 4 is 22.0 Å². The number of rotatable bonds is 8. The third-order valence-electron chi connectivity index (χ3n) is 2.67. The standard InChI is InChI=1S/C11H17N3O6S/c1-3-4-14-6-9(12-7(14)2)21(19,20)13-8(11(17)18)5-10(15)16/h6,8,13H,3-5H2,1-2H3,(H,15,16)(H,17,18). The van der Waals surface area contributed by atoms with Crippen LogP contribution in [0.5, 0.6) is 0 Å². The van der Waals surface area contributed by atoms with E-state index in [9.17, 15) is 18.0 Å². The Hall–Kier alpha value is -1.94. The molecule has 0 aliphatic rings. The second-order valence-corrected chi connectivity index (χ2v) is 6.09. The second kappa shape index (κ2) is 6.68. The molecule has 118 valence electrons. The quantitative estimate of drug-likeness (QED) is 0.603. The Kier molecular flexibility index (Phi) is 5.44. The fraction of sp³-hybridized carbons (Fsp3) is 0.545. The van der Waals surface area contributed by atoms with Gasteiger partial charge in [0.2, 0.25) is 0 Å².